The van der Waals surface area contributed by atoms with Crippen molar-refractivity contribution in [3.8, 4) is 0 Å². The summed E-state index contributed by atoms with van der Waals surface area (Å²) in [4.78, 5) is 4.17. The zero-order chi connectivity index (χ0) is 17.7. The van der Waals surface area contributed by atoms with E-state index in [0.29, 0.717) is 11.4 Å². The molecule has 132 valence electrons. The molecule has 1 aromatic carbocycles. The van der Waals surface area contributed by atoms with Crippen LogP contribution in [0.5, 0.6) is 0 Å². The lowest BCUT2D eigenvalue weighted by molar-refractivity contribution is 0.0390. The van der Waals surface area contributed by atoms with Crippen molar-refractivity contribution >= 4 is 32.5 Å². The fourth-order valence-electron chi connectivity index (χ4n) is 2.71. The molecule has 0 spiro atoms. The van der Waals surface area contributed by atoms with Crippen LogP contribution in [0.3, 0.4) is 0 Å². The molecule has 0 N–H and O–H groups in total. The molecular formula is C16H19ClFNO4S. The molecule has 2 heterocycles. The van der Waals surface area contributed by atoms with E-state index in [9.17, 15) is 12.8 Å². The second-order valence-corrected chi connectivity index (χ2v) is 9.47. The maximum atomic E-state index is 14.2. The van der Waals surface area contributed by atoms with E-state index in [4.69, 9.17) is 20.8 Å². The first kappa shape index (κ1) is 17.6. The molecule has 1 aliphatic heterocycles. The molecule has 1 aliphatic rings. The molecule has 2 aromatic rings. The number of ether oxygens (including phenoxy) is 1. The molecule has 5 nitrogen and oxygen atoms in total. The molecule has 0 aliphatic carbocycles. The number of oxazole rings is 1. The lowest BCUT2D eigenvalue weighted by Gasteiger charge is -2.26. The number of fused-ring (bicyclic) bond motifs is 1. The monoisotopic (exact) mass is 375 g/mol. The smallest absolute Gasteiger partial charge is 0.200 e. The first-order valence-electron chi connectivity index (χ1n) is 7.67. The van der Waals surface area contributed by atoms with Crippen LogP contribution in [0.1, 0.15) is 33.1 Å². The van der Waals surface area contributed by atoms with Gasteiger partial charge in [-0.15, -0.1) is 0 Å². The fourth-order valence-corrected chi connectivity index (χ4v) is 5.11. The highest BCUT2D eigenvalue weighted by atomic mass is 35.5. The van der Waals surface area contributed by atoms with Gasteiger partial charge in [-0.05, 0) is 18.6 Å². The number of nitrogens with zero attached hydrogens (tertiary/aromatic N) is 1. The number of alkyl halides is 1. The van der Waals surface area contributed by atoms with Gasteiger partial charge in [0.15, 0.2) is 15.4 Å². The van der Waals surface area contributed by atoms with Gasteiger partial charge in [0.05, 0.1) is 11.6 Å². The summed E-state index contributed by atoms with van der Waals surface area (Å²) in [5.74, 6) is 0.403. The Kier molecular flexibility index (Phi) is 4.38. The molecule has 0 saturated carbocycles. The van der Waals surface area contributed by atoms with Crippen LogP contribution >= 0.6 is 11.6 Å². The second-order valence-electron chi connectivity index (χ2n) is 6.96. The van der Waals surface area contributed by atoms with E-state index in [2.05, 4.69) is 4.98 Å². The average molecular weight is 376 g/mol. The quantitative estimate of drug-likeness (QED) is 0.800. The fraction of sp³-hybridized carbons (Fsp3) is 0.562. The van der Waals surface area contributed by atoms with Gasteiger partial charge in [0.2, 0.25) is 5.89 Å². The highest BCUT2D eigenvalue weighted by molar-refractivity contribution is 7.92. The SMILES string of the molecule is CC(C)(C)c1nc2ccc(Cl)c(S(=O)(=O)[C@@H]3CCOC[C@@H]3F)c2o1. The minimum Gasteiger partial charge on any atom is -0.439 e. The summed E-state index contributed by atoms with van der Waals surface area (Å²) in [7, 11) is -4.02. The molecule has 2 atom stereocenters. The lowest BCUT2D eigenvalue weighted by Crippen LogP contribution is -2.39. The van der Waals surface area contributed by atoms with Gasteiger partial charge in [-0.25, -0.2) is 17.8 Å². The van der Waals surface area contributed by atoms with Crippen molar-refractivity contribution in [3.63, 3.8) is 0 Å². The third kappa shape index (κ3) is 2.93. The van der Waals surface area contributed by atoms with Gasteiger partial charge >= 0.3 is 0 Å². The molecule has 8 heteroatoms. The van der Waals surface area contributed by atoms with Crippen molar-refractivity contribution in [1.29, 1.82) is 0 Å². The van der Waals surface area contributed by atoms with E-state index in [-0.39, 0.29) is 35.1 Å². The Morgan fingerprint density at radius 2 is 2.04 bits per heavy atom. The molecule has 3 rings (SSSR count). The molecule has 1 aromatic heterocycles. The topological polar surface area (TPSA) is 69.4 Å². The Morgan fingerprint density at radius 1 is 1.33 bits per heavy atom. The normalized spacial score (nSPS) is 22.9. The van der Waals surface area contributed by atoms with Crippen LogP contribution in [0.15, 0.2) is 21.4 Å². The van der Waals surface area contributed by atoms with E-state index >= 15 is 0 Å². The largest absolute Gasteiger partial charge is 0.439 e. The van der Waals surface area contributed by atoms with Crippen LogP contribution in [0.2, 0.25) is 5.02 Å². The minimum absolute atomic E-state index is 0.0119. The summed E-state index contributed by atoms with van der Waals surface area (Å²) in [6.45, 7) is 5.68. The van der Waals surface area contributed by atoms with Crippen molar-refractivity contribution in [2.45, 2.75) is 48.9 Å². The van der Waals surface area contributed by atoms with Gasteiger partial charge < -0.3 is 9.15 Å². The van der Waals surface area contributed by atoms with Crippen LogP contribution in [-0.4, -0.2) is 38.0 Å². The number of hydrogen-bond acceptors (Lipinski definition) is 5. The number of aromatic nitrogens is 1. The van der Waals surface area contributed by atoms with Crippen molar-refractivity contribution in [2.75, 3.05) is 13.2 Å². The first-order chi connectivity index (χ1) is 11.1. The maximum absolute atomic E-state index is 14.2. The Hall–Kier alpha value is -1.18. The van der Waals surface area contributed by atoms with Crippen molar-refractivity contribution < 1.29 is 22.0 Å². The van der Waals surface area contributed by atoms with Gasteiger partial charge in [0.1, 0.15) is 21.8 Å². The number of hydrogen-bond donors (Lipinski definition) is 0. The van der Waals surface area contributed by atoms with Gasteiger partial charge in [0.25, 0.3) is 0 Å². The highest BCUT2D eigenvalue weighted by Crippen LogP contribution is 2.37. The van der Waals surface area contributed by atoms with E-state index in [1.807, 2.05) is 20.8 Å². The molecular weight excluding hydrogens is 357 g/mol. The zero-order valence-electron chi connectivity index (χ0n) is 13.7. The van der Waals surface area contributed by atoms with Crippen LogP contribution in [-0.2, 0) is 20.0 Å². The third-order valence-corrected chi connectivity index (χ3v) is 6.75. The molecule has 0 amide bonds. The minimum atomic E-state index is -4.02. The van der Waals surface area contributed by atoms with E-state index in [1.54, 1.807) is 6.07 Å². The second kappa shape index (κ2) is 5.97. The predicted molar refractivity (Wildman–Crippen MR) is 89.0 cm³/mol. The summed E-state index contributed by atoms with van der Waals surface area (Å²) in [6, 6.07) is 3.06. The van der Waals surface area contributed by atoms with Crippen LogP contribution in [0.25, 0.3) is 11.1 Å². The average Bonchev–Trinajstić information content (AvgIpc) is 2.91. The maximum Gasteiger partial charge on any atom is 0.200 e. The molecule has 1 saturated heterocycles. The Bertz CT molecular complexity index is 872. The predicted octanol–water partition coefficient (Wildman–Crippen LogP) is 3.68. The lowest BCUT2D eigenvalue weighted by atomic mass is 9.97. The molecule has 1 fully saturated rings. The Labute approximate surface area is 145 Å². The Balaban J connectivity index is 2.21. The van der Waals surface area contributed by atoms with Gasteiger partial charge in [0, 0.05) is 12.0 Å². The molecule has 0 unspecified atom stereocenters. The number of rotatable bonds is 2. The van der Waals surface area contributed by atoms with Crippen LogP contribution in [0, 0.1) is 0 Å². The molecule has 0 bridgehead atoms. The summed E-state index contributed by atoms with van der Waals surface area (Å²) in [5, 5.41) is -1.18. The van der Waals surface area contributed by atoms with Crippen LogP contribution < -0.4 is 0 Å². The van der Waals surface area contributed by atoms with E-state index < -0.39 is 26.7 Å². The summed E-state index contributed by atoms with van der Waals surface area (Å²) >= 11 is 6.16. The highest BCUT2D eigenvalue weighted by Gasteiger charge is 2.40. The van der Waals surface area contributed by atoms with Crippen molar-refractivity contribution in [1.82, 2.24) is 4.98 Å². The number of halogens is 2. The van der Waals surface area contributed by atoms with E-state index in [1.165, 1.54) is 6.07 Å². The Morgan fingerprint density at radius 3 is 2.67 bits per heavy atom. The molecule has 24 heavy (non-hydrogen) atoms. The van der Waals surface area contributed by atoms with Gasteiger partial charge in [-0.1, -0.05) is 32.4 Å². The van der Waals surface area contributed by atoms with Crippen molar-refractivity contribution in [3.05, 3.63) is 23.0 Å². The summed E-state index contributed by atoms with van der Waals surface area (Å²) in [5.41, 5.74) is 0.0878. The third-order valence-electron chi connectivity index (χ3n) is 4.02. The van der Waals surface area contributed by atoms with Crippen molar-refractivity contribution in [2.24, 2.45) is 0 Å². The van der Waals surface area contributed by atoms with Gasteiger partial charge in [-0.3, -0.25) is 0 Å². The molecule has 0 radical (unpaired) electrons. The first-order valence-corrected chi connectivity index (χ1v) is 9.60. The van der Waals surface area contributed by atoms with E-state index in [0.717, 1.165) is 0 Å². The van der Waals surface area contributed by atoms with Crippen LogP contribution in [0.4, 0.5) is 4.39 Å². The number of benzene rings is 1. The number of sulfone groups is 1. The van der Waals surface area contributed by atoms with Gasteiger partial charge in [-0.2, -0.15) is 0 Å². The standard InChI is InChI=1S/C16H19ClFNO4S/c1-16(2,3)15-19-11-5-4-9(17)14(13(11)23-15)24(20,21)12-6-7-22-8-10(12)18/h4-5,10,12H,6-8H2,1-3H3/t10-,12+/m0/s1. The summed E-state index contributed by atoms with van der Waals surface area (Å²) in [6.07, 6.45) is -1.52. The zero-order valence-corrected chi connectivity index (χ0v) is 15.2. The summed E-state index contributed by atoms with van der Waals surface area (Å²) < 4.78 is 50.9.